The zero-order valence-electron chi connectivity index (χ0n) is 9.60. The van der Waals surface area contributed by atoms with Crippen LogP contribution in [0, 0.1) is 0 Å². The van der Waals surface area contributed by atoms with Gasteiger partial charge in [0, 0.05) is 0 Å². The maximum Gasteiger partial charge on any atom is -0.00218 e. The van der Waals surface area contributed by atoms with E-state index in [9.17, 15) is 0 Å². The predicted molar refractivity (Wildman–Crippen MR) is 60.2 cm³/mol. The Morgan fingerprint density at radius 1 is 0.769 bits per heavy atom. The van der Waals surface area contributed by atoms with Gasteiger partial charge in [0.2, 0.25) is 0 Å². The molecule has 0 saturated heterocycles. The minimum atomic E-state index is 0. The van der Waals surface area contributed by atoms with Crippen LogP contribution in [0.1, 0.15) is 52.4 Å². The maximum atomic E-state index is 2.46. The number of hydrogen-bond acceptors (Lipinski definition) is 1. The van der Waals surface area contributed by atoms with Gasteiger partial charge in [-0.2, -0.15) is 0 Å². The van der Waals surface area contributed by atoms with Gasteiger partial charge in [-0.25, -0.2) is 0 Å². The van der Waals surface area contributed by atoms with Crippen molar-refractivity contribution in [2.24, 2.45) is 0 Å². The molecule has 82 valence electrons. The highest BCUT2D eigenvalue weighted by atomic mass is 16.0. The molecule has 0 atom stereocenters. The first-order chi connectivity index (χ1) is 5.81. The minimum Gasteiger partial charge on any atom is -0.412 e. The number of nitrogens with zero attached hydrogens (tertiary/aromatic N) is 1. The van der Waals surface area contributed by atoms with Gasteiger partial charge in [0.25, 0.3) is 0 Å². The van der Waals surface area contributed by atoms with E-state index in [-0.39, 0.29) is 5.48 Å². The number of unbranched alkanes of at least 4 members (excludes halogenated alkanes) is 4. The van der Waals surface area contributed by atoms with Gasteiger partial charge in [0.05, 0.1) is 0 Å². The zero-order valence-corrected chi connectivity index (χ0v) is 9.60. The molecule has 0 aliphatic rings. The fourth-order valence-electron chi connectivity index (χ4n) is 1.35. The first kappa shape index (κ1) is 15.4. The standard InChI is InChI=1S/C11H25N.H2O/c1-4-6-8-9-11-12(3)10-7-5-2;/h4-11H2,1-3H3;1H2. The van der Waals surface area contributed by atoms with Crippen molar-refractivity contribution in [1.82, 2.24) is 4.90 Å². The molecule has 0 fully saturated rings. The van der Waals surface area contributed by atoms with E-state index in [1.54, 1.807) is 0 Å². The third-order valence-corrected chi connectivity index (χ3v) is 2.29. The number of hydrogen-bond donors (Lipinski definition) is 0. The normalized spacial score (nSPS) is 10.2. The van der Waals surface area contributed by atoms with E-state index in [2.05, 4.69) is 25.8 Å². The van der Waals surface area contributed by atoms with Crippen molar-refractivity contribution in [3.63, 3.8) is 0 Å². The van der Waals surface area contributed by atoms with Gasteiger partial charge in [-0.05, 0) is 33.0 Å². The summed E-state index contributed by atoms with van der Waals surface area (Å²) in [4.78, 5) is 2.46. The van der Waals surface area contributed by atoms with Gasteiger partial charge in [-0.1, -0.05) is 39.5 Å². The Bertz CT molecular complexity index is 86.2. The van der Waals surface area contributed by atoms with Gasteiger partial charge < -0.3 is 10.4 Å². The SMILES string of the molecule is CCCCCCN(C)CCCC.O. The molecule has 0 aromatic rings. The largest absolute Gasteiger partial charge is 0.412 e. The van der Waals surface area contributed by atoms with Crippen LogP contribution >= 0.6 is 0 Å². The fraction of sp³-hybridized carbons (Fsp3) is 1.00. The third-order valence-electron chi connectivity index (χ3n) is 2.29. The van der Waals surface area contributed by atoms with Crippen LogP contribution in [-0.4, -0.2) is 30.5 Å². The molecular weight excluding hydrogens is 162 g/mol. The highest BCUT2D eigenvalue weighted by molar-refractivity contribution is 4.51. The second kappa shape index (κ2) is 11.9. The highest BCUT2D eigenvalue weighted by Gasteiger charge is 1.95. The van der Waals surface area contributed by atoms with E-state index in [1.807, 2.05) is 0 Å². The third kappa shape index (κ3) is 11.9. The lowest BCUT2D eigenvalue weighted by atomic mass is 10.2. The van der Waals surface area contributed by atoms with E-state index in [0.29, 0.717) is 0 Å². The summed E-state index contributed by atoms with van der Waals surface area (Å²) < 4.78 is 0. The molecule has 0 amide bonds. The lowest BCUT2D eigenvalue weighted by Gasteiger charge is -2.15. The van der Waals surface area contributed by atoms with E-state index in [4.69, 9.17) is 0 Å². The van der Waals surface area contributed by atoms with Gasteiger partial charge in [-0.15, -0.1) is 0 Å². The van der Waals surface area contributed by atoms with Gasteiger partial charge in [-0.3, -0.25) is 0 Å². The summed E-state index contributed by atoms with van der Waals surface area (Å²) >= 11 is 0. The van der Waals surface area contributed by atoms with Crippen LogP contribution < -0.4 is 0 Å². The molecule has 0 unspecified atom stereocenters. The summed E-state index contributed by atoms with van der Waals surface area (Å²) in [6.07, 6.45) is 8.21. The van der Waals surface area contributed by atoms with Crippen molar-refractivity contribution in [1.29, 1.82) is 0 Å². The van der Waals surface area contributed by atoms with Crippen LogP contribution in [0.25, 0.3) is 0 Å². The molecule has 2 nitrogen and oxygen atoms in total. The van der Waals surface area contributed by atoms with Crippen molar-refractivity contribution in [2.75, 3.05) is 20.1 Å². The summed E-state index contributed by atoms with van der Waals surface area (Å²) in [6, 6.07) is 0. The van der Waals surface area contributed by atoms with E-state index in [1.165, 1.54) is 51.6 Å². The second-order valence-electron chi connectivity index (χ2n) is 3.72. The predicted octanol–water partition coefficient (Wildman–Crippen LogP) is 2.47. The Morgan fingerprint density at radius 2 is 1.31 bits per heavy atom. The Labute approximate surface area is 83.6 Å². The summed E-state index contributed by atoms with van der Waals surface area (Å²) in [5.41, 5.74) is 0. The van der Waals surface area contributed by atoms with E-state index in [0.717, 1.165) is 0 Å². The van der Waals surface area contributed by atoms with E-state index < -0.39 is 0 Å². The summed E-state index contributed by atoms with van der Waals surface area (Å²) in [6.45, 7) is 7.09. The van der Waals surface area contributed by atoms with Gasteiger partial charge in [0.1, 0.15) is 0 Å². The van der Waals surface area contributed by atoms with Crippen LogP contribution in [0.4, 0.5) is 0 Å². The molecule has 2 N–H and O–H groups in total. The molecule has 0 aliphatic carbocycles. The van der Waals surface area contributed by atoms with Crippen molar-refractivity contribution in [3.05, 3.63) is 0 Å². The first-order valence-electron chi connectivity index (χ1n) is 5.49. The monoisotopic (exact) mass is 189 g/mol. The van der Waals surface area contributed by atoms with Gasteiger partial charge in [0.15, 0.2) is 0 Å². The molecule has 0 saturated carbocycles. The molecule has 0 rings (SSSR count). The molecule has 2 heteroatoms. The molecule has 0 radical (unpaired) electrons. The highest BCUT2D eigenvalue weighted by Crippen LogP contribution is 2.00. The van der Waals surface area contributed by atoms with Crippen molar-refractivity contribution < 1.29 is 5.48 Å². The topological polar surface area (TPSA) is 34.7 Å². The Hall–Kier alpha value is -0.0800. The smallest absolute Gasteiger partial charge is 0.00218 e. The average Bonchev–Trinajstić information content (AvgIpc) is 2.09. The maximum absolute atomic E-state index is 2.46. The van der Waals surface area contributed by atoms with Crippen molar-refractivity contribution in [3.8, 4) is 0 Å². The molecule has 0 aromatic heterocycles. The van der Waals surface area contributed by atoms with E-state index >= 15 is 0 Å². The van der Waals surface area contributed by atoms with Crippen molar-refractivity contribution >= 4 is 0 Å². The van der Waals surface area contributed by atoms with Crippen molar-refractivity contribution in [2.45, 2.75) is 52.4 Å². The summed E-state index contributed by atoms with van der Waals surface area (Å²) in [5, 5.41) is 0. The molecule has 0 aromatic carbocycles. The Kier molecular flexibility index (Phi) is 14.1. The minimum absolute atomic E-state index is 0. The van der Waals surface area contributed by atoms with Crippen LogP contribution in [0.15, 0.2) is 0 Å². The van der Waals surface area contributed by atoms with Crippen LogP contribution in [0.3, 0.4) is 0 Å². The molecule has 0 heterocycles. The lowest BCUT2D eigenvalue weighted by molar-refractivity contribution is 0.319. The average molecular weight is 189 g/mol. The van der Waals surface area contributed by atoms with Crippen LogP contribution in [-0.2, 0) is 0 Å². The lowest BCUT2D eigenvalue weighted by Crippen LogP contribution is -2.20. The number of rotatable bonds is 8. The second-order valence-corrected chi connectivity index (χ2v) is 3.72. The zero-order chi connectivity index (χ0) is 9.23. The summed E-state index contributed by atoms with van der Waals surface area (Å²) in [7, 11) is 2.24. The van der Waals surface area contributed by atoms with Crippen LogP contribution in [0.5, 0.6) is 0 Å². The molecule has 0 spiro atoms. The quantitative estimate of drug-likeness (QED) is 0.540. The molecule has 0 bridgehead atoms. The summed E-state index contributed by atoms with van der Waals surface area (Å²) in [5.74, 6) is 0. The molecular formula is C11H27NO. The van der Waals surface area contributed by atoms with Crippen LogP contribution in [0.2, 0.25) is 0 Å². The fourth-order valence-corrected chi connectivity index (χ4v) is 1.35. The first-order valence-corrected chi connectivity index (χ1v) is 5.49. The Morgan fingerprint density at radius 3 is 1.85 bits per heavy atom. The van der Waals surface area contributed by atoms with Gasteiger partial charge >= 0.3 is 0 Å². The molecule has 0 aliphatic heterocycles. The Balaban J connectivity index is 0. The molecule has 13 heavy (non-hydrogen) atoms.